The van der Waals surface area contributed by atoms with E-state index >= 15 is 0 Å². The van der Waals surface area contributed by atoms with Crippen molar-refractivity contribution in [3.05, 3.63) is 34.6 Å². The first-order valence-corrected chi connectivity index (χ1v) is 5.44. The molecule has 0 heterocycles. The molecule has 6 nitrogen and oxygen atoms in total. The van der Waals surface area contributed by atoms with E-state index in [0.717, 1.165) is 6.07 Å². The van der Waals surface area contributed by atoms with Crippen molar-refractivity contribution in [2.75, 3.05) is 13.1 Å². The fourth-order valence-corrected chi connectivity index (χ4v) is 1.56. The summed E-state index contributed by atoms with van der Waals surface area (Å²) in [5, 5.41) is 8.37. The molecule has 19 heavy (non-hydrogen) atoms. The molecule has 2 amide bonds. The third-order valence-corrected chi connectivity index (χ3v) is 2.43. The molecule has 0 aliphatic carbocycles. The van der Waals surface area contributed by atoms with Gasteiger partial charge in [-0.1, -0.05) is 17.7 Å². The summed E-state index contributed by atoms with van der Waals surface area (Å²) in [6.45, 7) is -1.40. The summed E-state index contributed by atoms with van der Waals surface area (Å²) in [6.07, 6.45) is 0. The number of benzene rings is 1. The van der Waals surface area contributed by atoms with E-state index in [9.17, 15) is 18.8 Å². The smallest absolute Gasteiger partial charge is 0.323 e. The van der Waals surface area contributed by atoms with Crippen LogP contribution in [0.1, 0.15) is 10.4 Å². The van der Waals surface area contributed by atoms with E-state index < -0.39 is 42.3 Å². The maximum atomic E-state index is 13.6. The van der Waals surface area contributed by atoms with Crippen LogP contribution in [0.2, 0.25) is 5.02 Å². The number of nitrogens with zero attached hydrogens (tertiary/aromatic N) is 1. The number of hydrogen-bond donors (Lipinski definition) is 2. The highest BCUT2D eigenvalue weighted by Crippen LogP contribution is 2.19. The molecule has 0 saturated carbocycles. The standard InChI is InChI=1S/C11H10ClFN2O4/c12-7-3-1-2-6(10(7)13)11(19)15(4-8(14)16)5-9(17)18/h1-3H,4-5H2,(H2,14,16)(H,17,18). The van der Waals surface area contributed by atoms with Gasteiger partial charge in [-0.15, -0.1) is 0 Å². The van der Waals surface area contributed by atoms with Gasteiger partial charge in [0.1, 0.15) is 13.1 Å². The lowest BCUT2D eigenvalue weighted by molar-refractivity contribution is -0.138. The number of halogens is 2. The molecular formula is C11H10ClFN2O4. The van der Waals surface area contributed by atoms with Gasteiger partial charge in [-0.25, -0.2) is 4.39 Å². The number of carboxylic acids is 1. The Bertz CT molecular complexity index is 519. The SMILES string of the molecule is NC(=O)CN(CC(=O)O)C(=O)c1cccc(Cl)c1F. The summed E-state index contributed by atoms with van der Waals surface area (Å²) in [5.74, 6) is -4.20. The minimum Gasteiger partial charge on any atom is -0.480 e. The fourth-order valence-electron chi connectivity index (χ4n) is 1.39. The van der Waals surface area contributed by atoms with E-state index in [0.29, 0.717) is 4.90 Å². The van der Waals surface area contributed by atoms with Crippen LogP contribution in [0.4, 0.5) is 4.39 Å². The van der Waals surface area contributed by atoms with Crippen LogP contribution in [0.15, 0.2) is 18.2 Å². The monoisotopic (exact) mass is 288 g/mol. The Labute approximate surface area is 112 Å². The summed E-state index contributed by atoms with van der Waals surface area (Å²) >= 11 is 5.52. The number of aliphatic carboxylic acids is 1. The van der Waals surface area contributed by atoms with E-state index in [4.69, 9.17) is 22.4 Å². The number of amides is 2. The molecule has 0 spiro atoms. The fraction of sp³-hybridized carbons (Fsp3) is 0.182. The Hall–Kier alpha value is -2.15. The van der Waals surface area contributed by atoms with E-state index in [1.54, 1.807) is 0 Å². The second kappa shape index (κ2) is 6.14. The van der Waals surface area contributed by atoms with Crippen LogP contribution >= 0.6 is 11.6 Å². The van der Waals surface area contributed by atoms with Crippen LogP contribution in [0.3, 0.4) is 0 Å². The van der Waals surface area contributed by atoms with Crippen LogP contribution in [0.25, 0.3) is 0 Å². The van der Waals surface area contributed by atoms with E-state index in [1.165, 1.54) is 12.1 Å². The molecule has 0 bridgehead atoms. The van der Waals surface area contributed by atoms with Crippen molar-refractivity contribution in [2.24, 2.45) is 5.73 Å². The summed E-state index contributed by atoms with van der Waals surface area (Å²) in [6, 6.07) is 3.71. The molecule has 0 fully saturated rings. The molecular weight excluding hydrogens is 279 g/mol. The Morgan fingerprint density at radius 1 is 1.32 bits per heavy atom. The van der Waals surface area contributed by atoms with Crippen molar-refractivity contribution in [2.45, 2.75) is 0 Å². The summed E-state index contributed by atoms with van der Waals surface area (Å²) in [7, 11) is 0. The van der Waals surface area contributed by atoms with Gasteiger partial charge in [-0.05, 0) is 12.1 Å². The molecule has 0 atom stereocenters. The quantitative estimate of drug-likeness (QED) is 0.823. The zero-order valence-corrected chi connectivity index (χ0v) is 10.4. The third kappa shape index (κ3) is 3.92. The van der Waals surface area contributed by atoms with Gasteiger partial charge in [-0.2, -0.15) is 0 Å². The molecule has 0 aromatic heterocycles. The largest absolute Gasteiger partial charge is 0.480 e. The molecule has 0 radical (unpaired) electrons. The Morgan fingerprint density at radius 3 is 2.47 bits per heavy atom. The highest BCUT2D eigenvalue weighted by Gasteiger charge is 2.23. The molecule has 3 N–H and O–H groups in total. The van der Waals surface area contributed by atoms with Crippen LogP contribution in [-0.2, 0) is 9.59 Å². The van der Waals surface area contributed by atoms with Crippen LogP contribution in [-0.4, -0.2) is 40.9 Å². The van der Waals surface area contributed by atoms with Crippen molar-refractivity contribution < 1.29 is 23.9 Å². The average Bonchev–Trinajstić information content (AvgIpc) is 2.30. The second-order valence-corrected chi connectivity index (χ2v) is 4.03. The number of carbonyl (C=O) groups is 3. The first-order chi connectivity index (χ1) is 8.82. The van der Waals surface area contributed by atoms with E-state index in [2.05, 4.69) is 0 Å². The minimum absolute atomic E-state index is 0.278. The maximum absolute atomic E-state index is 13.6. The zero-order chi connectivity index (χ0) is 14.6. The Morgan fingerprint density at radius 2 is 1.95 bits per heavy atom. The van der Waals surface area contributed by atoms with Gasteiger partial charge in [0, 0.05) is 0 Å². The zero-order valence-electron chi connectivity index (χ0n) is 9.60. The normalized spacial score (nSPS) is 10.0. The van der Waals surface area contributed by atoms with Crippen LogP contribution < -0.4 is 5.73 Å². The highest BCUT2D eigenvalue weighted by molar-refractivity contribution is 6.31. The third-order valence-electron chi connectivity index (χ3n) is 2.14. The highest BCUT2D eigenvalue weighted by atomic mass is 35.5. The molecule has 0 aliphatic rings. The van der Waals surface area contributed by atoms with Gasteiger partial charge in [0.05, 0.1) is 10.6 Å². The van der Waals surface area contributed by atoms with Gasteiger partial charge in [0.25, 0.3) is 5.91 Å². The molecule has 0 aliphatic heterocycles. The molecule has 8 heteroatoms. The van der Waals surface area contributed by atoms with E-state index in [-0.39, 0.29) is 5.02 Å². The lowest BCUT2D eigenvalue weighted by atomic mass is 10.2. The van der Waals surface area contributed by atoms with Crippen LogP contribution in [0.5, 0.6) is 0 Å². The second-order valence-electron chi connectivity index (χ2n) is 3.62. The van der Waals surface area contributed by atoms with Gasteiger partial charge < -0.3 is 15.7 Å². The van der Waals surface area contributed by atoms with Gasteiger partial charge in [0.2, 0.25) is 5.91 Å². The van der Waals surface area contributed by atoms with Crippen molar-refractivity contribution in [3.8, 4) is 0 Å². The predicted molar refractivity (Wildman–Crippen MR) is 64.1 cm³/mol. The first kappa shape index (κ1) is 14.9. The molecule has 0 saturated heterocycles. The number of carboxylic acid groups (broad SMARTS) is 1. The molecule has 1 aromatic rings. The summed E-state index contributed by atoms with van der Waals surface area (Å²) in [5.41, 5.74) is 4.49. The maximum Gasteiger partial charge on any atom is 0.323 e. The molecule has 102 valence electrons. The number of nitrogens with two attached hydrogens (primary N) is 1. The molecule has 0 unspecified atom stereocenters. The minimum atomic E-state index is -1.35. The van der Waals surface area contributed by atoms with E-state index in [1.807, 2.05) is 0 Å². The molecule has 1 rings (SSSR count). The molecule has 1 aromatic carbocycles. The van der Waals surface area contributed by atoms with Gasteiger partial charge in [0.15, 0.2) is 5.82 Å². The topological polar surface area (TPSA) is 101 Å². The van der Waals surface area contributed by atoms with Crippen molar-refractivity contribution in [3.63, 3.8) is 0 Å². The summed E-state index contributed by atoms with van der Waals surface area (Å²) < 4.78 is 13.6. The Balaban J connectivity index is 3.07. The van der Waals surface area contributed by atoms with Gasteiger partial charge >= 0.3 is 5.97 Å². The van der Waals surface area contributed by atoms with Crippen LogP contribution in [0, 0.1) is 5.82 Å². The number of hydrogen-bond acceptors (Lipinski definition) is 3. The van der Waals surface area contributed by atoms with Crippen molar-refractivity contribution in [1.29, 1.82) is 0 Å². The Kier molecular flexibility index (Phi) is 4.82. The predicted octanol–water partition coefficient (Wildman–Crippen LogP) is 0.491. The number of rotatable bonds is 5. The van der Waals surface area contributed by atoms with Crippen molar-refractivity contribution in [1.82, 2.24) is 4.90 Å². The lowest BCUT2D eigenvalue weighted by Crippen LogP contribution is -2.41. The average molecular weight is 289 g/mol. The summed E-state index contributed by atoms with van der Waals surface area (Å²) in [4.78, 5) is 34.0. The number of primary amides is 1. The lowest BCUT2D eigenvalue weighted by Gasteiger charge is -2.19. The van der Waals surface area contributed by atoms with Crippen molar-refractivity contribution >= 4 is 29.4 Å². The number of carbonyl (C=O) groups excluding carboxylic acids is 2. The van der Waals surface area contributed by atoms with Gasteiger partial charge in [-0.3, -0.25) is 14.4 Å². The first-order valence-electron chi connectivity index (χ1n) is 5.06.